The van der Waals surface area contributed by atoms with Gasteiger partial charge >= 0.3 is 45.5 Å². The van der Waals surface area contributed by atoms with Gasteiger partial charge < -0.3 is 12.9 Å². The fourth-order valence-corrected chi connectivity index (χ4v) is 1.81. The smallest absolute Gasteiger partial charge is 1.00 e. The predicted molar refractivity (Wildman–Crippen MR) is 80.2 cm³/mol. The van der Waals surface area contributed by atoms with Crippen LogP contribution in [-0.4, -0.2) is 57.2 Å². The van der Waals surface area contributed by atoms with Crippen molar-refractivity contribution in [2.24, 2.45) is 5.73 Å². The number of carbonyl (C=O) groups is 2. The average Bonchev–Trinajstić information content (AvgIpc) is 2.41. The summed E-state index contributed by atoms with van der Waals surface area (Å²) in [4.78, 5) is 23.2. The number of primary amides is 1. The number of hydrogen-bond acceptors (Lipinski definition) is 3. The molecule has 4 nitrogen and oxygen atoms in total. The molecule has 2 aromatic carbocycles. The number of amides is 1. The molecule has 0 spiro atoms. The van der Waals surface area contributed by atoms with E-state index < -0.39 is 5.91 Å². The van der Waals surface area contributed by atoms with Crippen molar-refractivity contribution in [2.45, 2.75) is 0 Å². The SMILES string of the molecule is NC(=O)[CH-]c1cccc(C(=O)c2ccccc2)c1N.[H-].[Sr+2]. The van der Waals surface area contributed by atoms with E-state index in [4.69, 9.17) is 11.5 Å². The Bertz CT molecular complexity index is 633. The zero-order valence-electron chi connectivity index (χ0n) is 11.9. The second-order valence-corrected chi connectivity index (χ2v) is 4.05. The zero-order chi connectivity index (χ0) is 13.8. The van der Waals surface area contributed by atoms with E-state index in [-0.39, 0.29) is 58.4 Å². The Balaban J connectivity index is 0.00000200. The molecule has 1 amide bonds. The third-order valence-electron chi connectivity index (χ3n) is 2.72. The number of hydrogen-bond donors (Lipinski definition) is 2. The summed E-state index contributed by atoms with van der Waals surface area (Å²) < 4.78 is 0. The van der Waals surface area contributed by atoms with Crippen LogP contribution in [-0.2, 0) is 4.79 Å². The fourth-order valence-electron chi connectivity index (χ4n) is 1.81. The Hall–Kier alpha value is -1.27. The summed E-state index contributed by atoms with van der Waals surface area (Å²) in [6.07, 6.45) is 1.21. The van der Waals surface area contributed by atoms with Crippen LogP contribution in [0.15, 0.2) is 48.5 Å². The van der Waals surface area contributed by atoms with Crippen LogP contribution in [0.4, 0.5) is 5.69 Å². The van der Waals surface area contributed by atoms with E-state index >= 15 is 0 Å². The molecule has 2 aromatic rings. The van der Waals surface area contributed by atoms with Gasteiger partial charge in [-0.05, 0) is 5.56 Å². The summed E-state index contributed by atoms with van der Waals surface area (Å²) in [5, 5.41) is 0. The number of nitrogen functional groups attached to an aromatic ring is 1. The molecular formula is C15H14N2O2Sr. The van der Waals surface area contributed by atoms with Gasteiger partial charge in [0.15, 0.2) is 11.7 Å². The van der Waals surface area contributed by atoms with Crippen LogP contribution in [0.5, 0.6) is 0 Å². The Morgan fingerprint density at radius 3 is 2.25 bits per heavy atom. The molecule has 0 aliphatic rings. The van der Waals surface area contributed by atoms with Crippen LogP contribution in [0.1, 0.15) is 22.9 Å². The number of benzene rings is 2. The first-order chi connectivity index (χ1) is 9.09. The standard InChI is InChI=1S/C15H13N2O2.Sr.H/c16-13(18)9-11-7-4-8-12(14(11)17)15(19)10-5-2-1-3-6-10;;/h1-9H,17H2,(H2,16,18);;/q-1;+2;-1. The van der Waals surface area contributed by atoms with Gasteiger partial charge in [-0.25, -0.2) is 0 Å². The second kappa shape index (κ2) is 7.50. The number of nitrogens with two attached hydrogens (primary N) is 2. The minimum Gasteiger partial charge on any atom is -1.00 e. The maximum atomic E-state index is 12.3. The van der Waals surface area contributed by atoms with Gasteiger partial charge in [0.25, 0.3) is 0 Å². The van der Waals surface area contributed by atoms with Crippen molar-refractivity contribution >= 4 is 62.9 Å². The van der Waals surface area contributed by atoms with Crippen LogP contribution >= 0.6 is 0 Å². The molecule has 0 atom stereocenters. The van der Waals surface area contributed by atoms with Gasteiger partial charge in [-0.15, -0.1) is 6.07 Å². The maximum absolute atomic E-state index is 12.3. The molecule has 98 valence electrons. The van der Waals surface area contributed by atoms with Gasteiger partial charge in [-0.2, -0.15) is 11.6 Å². The van der Waals surface area contributed by atoms with E-state index in [1.54, 1.807) is 42.5 Å². The first kappa shape index (κ1) is 16.8. The third-order valence-corrected chi connectivity index (χ3v) is 2.72. The molecule has 0 heterocycles. The van der Waals surface area contributed by atoms with Crippen LogP contribution in [0.25, 0.3) is 0 Å². The van der Waals surface area contributed by atoms with Crippen molar-refractivity contribution in [1.82, 2.24) is 0 Å². The molecular weight excluding hydrogens is 328 g/mol. The largest absolute Gasteiger partial charge is 2.00 e. The molecule has 4 N–H and O–H groups in total. The summed E-state index contributed by atoms with van der Waals surface area (Å²) in [7, 11) is 0. The zero-order valence-corrected chi connectivity index (χ0v) is 14.4. The first-order valence-electron chi connectivity index (χ1n) is 5.72. The van der Waals surface area contributed by atoms with Gasteiger partial charge in [-0.3, -0.25) is 9.59 Å². The summed E-state index contributed by atoms with van der Waals surface area (Å²) in [6, 6.07) is 13.8. The minimum atomic E-state index is -0.601. The number of anilines is 1. The van der Waals surface area contributed by atoms with Crippen LogP contribution < -0.4 is 11.5 Å². The Morgan fingerprint density at radius 1 is 1.00 bits per heavy atom. The second-order valence-electron chi connectivity index (χ2n) is 4.05. The molecule has 5 heteroatoms. The Kier molecular flexibility index (Phi) is 6.29. The molecule has 0 aliphatic heterocycles. The first-order valence-corrected chi connectivity index (χ1v) is 5.72. The molecule has 0 saturated carbocycles. The predicted octanol–water partition coefficient (Wildman–Crippen LogP) is 1.27. The van der Waals surface area contributed by atoms with Crippen molar-refractivity contribution in [1.29, 1.82) is 0 Å². The molecule has 0 fully saturated rings. The van der Waals surface area contributed by atoms with Crippen molar-refractivity contribution in [3.05, 3.63) is 71.6 Å². The minimum absolute atomic E-state index is 0. The van der Waals surface area contributed by atoms with E-state index in [9.17, 15) is 9.59 Å². The molecule has 20 heavy (non-hydrogen) atoms. The topological polar surface area (TPSA) is 86.2 Å². The van der Waals surface area contributed by atoms with Crippen molar-refractivity contribution in [2.75, 3.05) is 5.73 Å². The van der Waals surface area contributed by atoms with Crippen molar-refractivity contribution in [3.8, 4) is 0 Å². The van der Waals surface area contributed by atoms with Crippen LogP contribution in [0, 0.1) is 6.42 Å². The summed E-state index contributed by atoms with van der Waals surface area (Å²) in [5.41, 5.74) is 12.6. The van der Waals surface area contributed by atoms with Crippen LogP contribution in [0.2, 0.25) is 0 Å². The van der Waals surface area contributed by atoms with Gasteiger partial charge in [0.2, 0.25) is 0 Å². The van der Waals surface area contributed by atoms with E-state index in [1.807, 2.05) is 6.07 Å². The molecule has 0 bridgehead atoms. The summed E-state index contributed by atoms with van der Waals surface area (Å²) in [6.45, 7) is 0. The van der Waals surface area contributed by atoms with Crippen molar-refractivity contribution in [3.63, 3.8) is 0 Å². The average molecular weight is 342 g/mol. The van der Waals surface area contributed by atoms with Crippen LogP contribution in [0.3, 0.4) is 0 Å². The molecule has 0 unspecified atom stereocenters. The van der Waals surface area contributed by atoms with E-state index in [0.29, 0.717) is 16.7 Å². The molecule has 2 rings (SSSR count). The van der Waals surface area contributed by atoms with Gasteiger partial charge in [0.05, 0.1) is 0 Å². The van der Waals surface area contributed by atoms with Gasteiger partial charge in [-0.1, -0.05) is 48.5 Å². The Morgan fingerprint density at radius 2 is 1.65 bits per heavy atom. The third kappa shape index (κ3) is 3.86. The molecule has 0 radical (unpaired) electrons. The molecule has 0 aliphatic carbocycles. The van der Waals surface area contributed by atoms with E-state index in [0.717, 1.165) is 0 Å². The fraction of sp³-hybridized carbons (Fsp3) is 0. The number of carbonyl (C=O) groups excluding carboxylic acids is 2. The summed E-state index contributed by atoms with van der Waals surface area (Å²) >= 11 is 0. The summed E-state index contributed by atoms with van der Waals surface area (Å²) in [5.74, 6) is -0.783. The maximum Gasteiger partial charge on any atom is 2.00 e. The molecule has 0 aromatic heterocycles. The van der Waals surface area contributed by atoms with Gasteiger partial charge in [0, 0.05) is 5.56 Å². The van der Waals surface area contributed by atoms with E-state index in [1.165, 1.54) is 6.42 Å². The number of para-hydroxylation sites is 1. The monoisotopic (exact) mass is 342 g/mol. The number of rotatable bonds is 4. The quantitative estimate of drug-likeness (QED) is 0.380. The normalized spacial score (nSPS) is 9.40. The van der Waals surface area contributed by atoms with Crippen molar-refractivity contribution < 1.29 is 11.0 Å². The Labute approximate surface area is 155 Å². The molecule has 0 saturated heterocycles. The van der Waals surface area contributed by atoms with Gasteiger partial charge in [0.1, 0.15) is 0 Å². The van der Waals surface area contributed by atoms with E-state index in [2.05, 4.69) is 0 Å². The number of ketones is 1.